The zero-order valence-corrected chi connectivity index (χ0v) is 16.4. The number of nitrogens with zero attached hydrogens (tertiary/aromatic N) is 1. The molecule has 0 bridgehead atoms. The number of rotatable bonds is 6. The number of amides is 2. The van der Waals surface area contributed by atoms with Crippen LogP contribution < -0.4 is 11.1 Å². The highest BCUT2D eigenvalue weighted by molar-refractivity contribution is 5.89. The van der Waals surface area contributed by atoms with Gasteiger partial charge in [0.05, 0.1) is 11.5 Å². The van der Waals surface area contributed by atoms with Crippen molar-refractivity contribution in [1.82, 2.24) is 10.2 Å². The number of carbonyl (C=O) groups excluding carboxylic acids is 2. The van der Waals surface area contributed by atoms with Gasteiger partial charge in [-0.05, 0) is 25.3 Å². The van der Waals surface area contributed by atoms with Gasteiger partial charge in [0, 0.05) is 26.1 Å². The Kier molecular flexibility index (Phi) is 7.44. The van der Waals surface area contributed by atoms with Crippen LogP contribution in [0.4, 0.5) is 0 Å². The van der Waals surface area contributed by atoms with Crippen molar-refractivity contribution in [1.29, 1.82) is 0 Å². The third kappa shape index (κ3) is 5.19. The molecule has 1 fully saturated rings. The molecule has 2 rings (SSSR count). The van der Waals surface area contributed by atoms with Crippen molar-refractivity contribution in [2.24, 2.45) is 17.6 Å². The van der Waals surface area contributed by atoms with Gasteiger partial charge in [-0.3, -0.25) is 9.59 Å². The summed E-state index contributed by atoms with van der Waals surface area (Å²) >= 11 is 0. The van der Waals surface area contributed by atoms with E-state index in [0.717, 1.165) is 5.56 Å². The van der Waals surface area contributed by atoms with E-state index in [-0.39, 0.29) is 42.5 Å². The summed E-state index contributed by atoms with van der Waals surface area (Å²) in [5.74, 6) is -0.106. The second-order valence-electron chi connectivity index (χ2n) is 7.43. The first-order valence-corrected chi connectivity index (χ1v) is 8.60. The van der Waals surface area contributed by atoms with Gasteiger partial charge < -0.3 is 16.0 Å². The Morgan fingerprint density at radius 3 is 2.48 bits per heavy atom. The van der Waals surface area contributed by atoms with E-state index in [0.29, 0.717) is 19.6 Å². The molecule has 1 aliphatic rings. The average Bonchev–Trinajstić information content (AvgIpc) is 2.90. The standard InChI is InChI=1S/C19H29N3O2.ClH/c1-13(2)19(4,12-20)21-18(24)16-9-17(23)22(11-16)10-15-7-5-14(3)6-8-15;/h5-8,13,16H,9-12,20H2,1-4H3,(H,21,24);1H. The summed E-state index contributed by atoms with van der Waals surface area (Å²) in [4.78, 5) is 26.6. The maximum absolute atomic E-state index is 12.6. The first-order chi connectivity index (χ1) is 11.2. The molecule has 1 saturated heterocycles. The van der Waals surface area contributed by atoms with Crippen LogP contribution in [-0.2, 0) is 16.1 Å². The number of nitrogens with one attached hydrogen (secondary N) is 1. The predicted molar refractivity (Wildman–Crippen MR) is 102 cm³/mol. The zero-order chi connectivity index (χ0) is 17.9. The highest BCUT2D eigenvalue weighted by atomic mass is 35.5. The Morgan fingerprint density at radius 1 is 1.36 bits per heavy atom. The Hall–Kier alpha value is -1.59. The maximum atomic E-state index is 12.6. The van der Waals surface area contributed by atoms with E-state index in [2.05, 4.69) is 5.32 Å². The fraction of sp³-hybridized carbons (Fsp3) is 0.579. The molecule has 1 aliphatic heterocycles. The minimum absolute atomic E-state index is 0. The van der Waals surface area contributed by atoms with Gasteiger partial charge in [-0.2, -0.15) is 0 Å². The highest BCUT2D eigenvalue weighted by Gasteiger charge is 2.37. The molecule has 2 unspecified atom stereocenters. The number of hydrogen-bond donors (Lipinski definition) is 2. The lowest BCUT2D eigenvalue weighted by Crippen LogP contribution is -2.56. The Balaban J connectivity index is 0.00000312. The molecule has 0 radical (unpaired) electrons. The van der Waals surface area contributed by atoms with Gasteiger partial charge in [-0.15, -0.1) is 12.4 Å². The first kappa shape index (κ1) is 21.5. The van der Waals surface area contributed by atoms with Crippen LogP contribution in [0.2, 0.25) is 0 Å². The molecule has 25 heavy (non-hydrogen) atoms. The van der Waals surface area contributed by atoms with Gasteiger partial charge in [-0.25, -0.2) is 0 Å². The maximum Gasteiger partial charge on any atom is 0.225 e. The molecule has 0 spiro atoms. The van der Waals surface area contributed by atoms with Gasteiger partial charge >= 0.3 is 0 Å². The van der Waals surface area contributed by atoms with Gasteiger partial charge in [0.15, 0.2) is 0 Å². The topological polar surface area (TPSA) is 75.4 Å². The molecule has 1 aromatic rings. The number of halogens is 1. The van der Waals surface area contributed by atoms with Crippen molar-refractivity contribution in [3.63, 3.8) is 0 Å². The molecule has 2 atom stereocenters. The minimum atomic E-state index is -0.440. The summed E-state index contributed by atoms with van der Waals surface area (Å²) in [5, 5.41) is 3.05. The van der Waals surface area contributed by atoms with Crippen molar-refractivity contribution in [2.75, 3.05) is 13.1 Å². The smallest absolute Gasteiger partial charge is 0.225 e. The zero-order valence-electron chi connectivity index (χ0n) is 15.5. The summed E-state index contributed by atoms with van der Waals surface area (Å²) in [6.45, 7) is 9.47. The number of carbonyl (C=O) groups is 2. The molecule has 5 nitrogen and oxygen atoms in total. The summed E-state index contributed by atoms with van der Waals surface area (Å²) in [6, 6.07) is 8.13. The van der Waals surface area contributed by atoms with Gasteiger partial charge in [-0.1, -0.05) is 43.7 Å². The van der Waals surface area contributed by atoms with Crippen molar-refractivity contribution in [3.05, 3.63) is 35.4 Å². The van der Waals surface area contributed by atoms with Crippen LogP contribution in [0.3, 0.4) is 0 Å². The second kappa shape index (κ2) is 8.68. The van der Waals surface area contributed by atoms with Gasteiger partial charge in [0.2, 0.25) is 11.8 Å². The Morgan fingerprint density at radius 2 is 1.96 bits per heavy atom. The van der Waals surface area contributed by atoms with Crippen LogP contribution in [0, 0.1) is 18.8 Å². The third-order valence-electron chi connectivity index (χ3n) is 5.19. The molecule has 6 heteroatoms. The molecule has 140 valence electrons. The van der Waals surface area contributed by atoms with Crippen molar-refractivity contribution in [2.45, 2.75) is 46.2 Å². The van der Waals surface area contributed by atoms with Crippen LogP contribution in [0.15, 0.2) is 24.3 Å². The van der Waals surface area contributed by atoms with Crippen LogP contribution in [-0.4, -0.2) is 35.3 Å². The molecular formula is C19H30ClN3O2. The summed E-state index contributed by atoms with van der Waals surface area (Å²) in [7, 11) is 0. The summed E-state index contributed by atoms with van der Waals surface area (Å²) < 4.78 is 0. The van der Waals surface area contributed by atoms with E-state index in [9.17, 15) is 9.59 Å². The minimum Gasteiger partial charge on any atom is -0.349 e. The van der Waals surface area contributed by atoms with Crippen molar-refractivity contribution in [3.8, 4) is 0 Å². The van der Waals surface area contributed by atoms with E-state index >= 15 is 0 Å². The van der Waals surface area contributed by atoms with Gasteiger partial charge in [0.1, 0.15) is 0 Å². The molecule has 0 aromatic heterocycles. The number of hydrogen-bond acceptors (Lipinski definition) is 3. The van der Waals surface area contributed by atoms with E-state index in [1.54, 1.807) is 4.90 Å². The monoisotopic (exact) mass is 367 g/mol. The van der Waals surface area contributed by atoms with Crippen molar-refractivity contribution >= 4 is 24.2 Å². The summed E-state index contributed by atoms with van der Waals surface area (Å²) in [6.07, 6.45) is 0.274. The fourth-order valence-corrected chi connectivity index (χ4v) is 2.83. The first-order valence-electron chi connectivity index (χ1n) is 8.60. The van der Waals surface area contributed by atoms with Gasteiger partial charge in [0.25, 0.3) is 0 Å². The molecule has 1 aromatic carbocycles. The SMILES string of the molecule is Cc1ccc(CN2CC(C(=O)NC(C)(CN)C(C)C)CC2=O)cc1.Cl. The predicted octanol–water partition coefficient (Wildman–Crippen LogP) is 2.25. The van der Waals surface area contributed by atoms with Crippen LogP contribution >= 0.6 is 12.4 Å². The highest BCUT2D eigenvalue weighted by Crippen LogP contribution is 2.23. The lowest BCUT2D eigenvalue weighted by molar-refractivity contribution is -0.130. The molecule has 0 aliphatic carbocycles. The molecule has 2 amide bonds. The van der Waals surface area contributed by atoms with E-state index < -0.39 is 5.54 Å². The normalized spacial score (nSPS) is 19.5. The molecule has 0 saturated carbocycles. The number of likely N-dealkylation sites (tertiary alicyclic amines) is 1. The molecule has 1 heterocycles. The average molecular weight is 368 g/mol. The number of aryl methyl sites for hydroxylation is 1. The fourth-order valence-electron chi connectivity index (χ4n) is 2.83. The van der Waals surface area contributed by atoms with E-state index in [4.69, 9.17) is 5.73 Å². The Labute approximate surface area is 156 Å². The number of nitrogens with two attached hydrogens (primary N) is 1. The second-order valence-corrected chi connectivity index (χ2v) is 7.43. The quantitative estimate of drug-likeness (QED) is 0.809. The number of benzene rings is 1. The molecule has 3 N–H and O–H groups in total. The summed E-state index contributed by atoms with van der Waals surface area (Å²) in [5.41, 5.74) is 7.67. The van der Waals surface area contributed by atoms with Crippen LogP contribution in [0.5, 0.6) is 0 Å². The Bertz CT molecular complexity index is 603. The third-order valence-corrected chi connectivity index (χ3v) is 5.19. The van der Waals surface area contributed by atoms with Crippen molar-refractivity contribution < 1.29 is 9.59 Å². The molecular weight excluding hydrogens is 338 g/mol. The van der Waals surface area contributed by atoms with Crippen LogP contribution in [0.1, 0.15) is 38.3 Å². The van der Waals surface area contributed by atoms with Crippen LogP contribution in [0.25, 0.3) is 0 Å². The van der Waals surface area contributed by atoms with E-state index in [1.165, 1.54) is 5.56 Å². The largest absolute Gasteiger partial charge is 0.349 e. The lowest BCUT2D eigenvalue weighted by atomic mass is 9.87. The van der Waals surface area contributed by atoms with E-state index in [1.807, 2.05) is 52.0 Å². The lowest BCUT2D eigenvalue weighted by Gasteiger charge is -2.34.